The van der Waals surface area contributed by atoms with Crippen LogP contribution in [-0.4, -0.2) is 43.3 Å². The van der Waals surface area contributed by atoms with Crippen LogP contribution in [0.1, 0.15) is 22.5 Å². The highest BCUT2D eigenvalue weighted by molar-refractivity contribution is 6.07. The van der Waals surface area contributed by atoms with Gasteiger partial charge in [0, 0.05) is 39.7 Å². The summed E-state index contributed by atoms with van der Waals surface area (Å²) in [7, 11) is 0. The number of carbonyl (C=O) groups is 2. The highest BCUT2D eigenvalue weighted by Crippen LogP contribution is 2.37. The molecule has 3 aromatic heterocycles. The van der Waals surface area contributed by atoms with Crippen LogP contribution in [0.3, 0.4) is 0 Å². The summed E-state index contributed by atoms with van der Waals surface area (Å²) < 4.78 is 7.74. The zero-order valence-corrected chi connectivity index (χ0v) is 20.9. The first-order valence-corrected chi connectivity index (χ1v) is 12.6. The van der Waals surface area contributed by atoms with Gasteiger partial charge in [0.2, 0.25) is 0 Å². The standard InChI is InChI=1S/C31H25N3O5/c35-28(36)18-34-17-25(21-13-14-32-16-26(21)34)24-10-4-9-22-23(30(31(37)38)33-29(22)24)11-5-15-39-27-12-3-7-19-6-1-2-8-20(19)27/h1-4,6-10,12-14,16-17,33H,5,11,15,18H2,(H,35,36)(H,37,38). The number of pyridine rings is 1. The van der Waals surface area contributed by atoms with Gasteiger partial charge in [0.1, 0.15) is 18.0 Å². The number of hydrogen-bond acceptors (Lipinski definition) is 4. The number of hydrogen-bond donors (Lipinski definition) is 3. The maximum absolute atomic E-state index is 12.2. The summed E-state index contributed by atoms with van der Waals surface area (Å²) in [5.41, 5.74) is 3.88. The van der Waals surface area contributed by atoms with Gasteiger partial charge in [0.25, 0.3) is 0 Å². The lowest BCUT2D eigenvalue weighted by atomic mass is 10.00. The number of benzene rings is 3. The molecule has 0 unspecified atom stereocenters. The van der Waals surface area contributed by atoms with Crippen molar-refractivity contribution in [2.45, 2.75) is 19.4 Å². The lowest BCUT2D eigenvalue weighted by Gasteiger charge is -2.09. The van der Waals surface area contributed by atoms with Crippen LogP contribution in [0.4, 0.5) is 0 Å². The third-order valence-corrected chi connectivity index (χ3v) is 7.01. The molecule has 8 heteroatoms. The maximum Gasteiger partial charge on any atom is 0.352 e. The molecule has 3 N–H and O–H groups in total. The third-order valence-electron chi connectivity index (χ3n) is 7.01. The highest BCUT2D eigenvalue weighted by Gasteiger charge is 2.21. The molecule has 0 saturated carbocycles. The molecule has 0 aliphatic heterocycles. The Morgan fingerprint density at radius 3 is 2.54 bits per heavy atom. The topological polar surface area (TPSA) is 117 Å². The Morgan fingerprint density at radius 1 is 0.897 bits per heavy atom. The van der Waals surface area contributed by atoms with Crippen molar-refractivity contribution in [1.82, 2.24) is 14.5 Å². The van der Waals surface area contributed by atoms with Gasteiger partial charge in [0.05, 0.1) is 23.8 Å². The number of para-hydroxylation sites is 1. The fourth-order valence-electron chi connectivity index (χ4n) is 5.32. The van der Waals surface area contributed by atoms with Crippen LogP contribution in [-0.2, 0) is 17.8 Å². The van der Waals surface area contributed by atoms with Gasteiger partial charge in [-0.1, -0.05) is 54.6 Å². The van der Waals surface area contributed by atoms with Crippen molar-refractivity contribution < 1.29 is 24.5 Å². The minimum Gasteiger partial charge on any atom is -0.493 e. The summed E-state index contributed by atoms with van der Waals surface area (Å²) in [4.78, 5) is 31.0. The van der Waals surface area contributed by atoms with Crippen LogP contribution < -0.4 is 4.74 Å². The van der Waals surface area contributed by atoms with Gasteiger partial charge in [-0.3, -0.25) is 9.78 Å². The molecule has 6 rings (SSSR count). The van der Waals surface area contributed by atoms with Crippen molar-refractivity contribution in [2.75, 3.05) is 6.61 Å². The largest absolute Gasteiger partial charge is 0.493 e. The average molecular weight is 520 g/mol. The Morgan fingerprint density at radius 2 is 1.69 bits per heavy atom. The number of rotatable bonds is 9. The van der Waals surface area contributed by atoms with E-state index in [4.69, 9.17) is 4.74 Å². The van der Waals surface area contributed by atoms with Gasteiger partial charge in [-0.15, -0.1) is 0 Å². The van der Waals surface area contributed by atoms with Gasteiger partial charge in [-0.2, -0.15) is 0 Å². The number of aromatic amines is 1. The number of carboxylic acid groups (broad SMARTS) is 2. The van der Waals surface area contributed by atoms with Crippen LogP contribution in [0.2, 0.25) is 0 Å². The van der Waals surface area contributed by atoms with Gasteiger partial charge in [-0.25, -0.2) is 4.79 Å². The SMILES string of the molecule is O=C(O)Cn1cc(-c2cccc3c(CCCOc4cccc5ccccc45)c(C(=O)O)[nH]c23)c2ccncc21. The number of aromatic carboxylic acids is 1. The van der Waals surface area contributed by atoms with Crippen LogP contribution in [0.25, 0.3) is 43.7 Å². The number of fused-ring (bicyclic) bond motifs is 3. The van der Waals surface area contributed by atoms with E-state index >= 15 is 0 Å². The fraction of sp³-hybridized carbons (Fsp3) is 0.129. The molecular weight excluding hydrogens is 494 g/mol. The molecule has 0 bridgehead atoms. The minimum absolute atomic E-state index is 0.151. The Hall–Kier alpha value is -5.11. The van der Waals surface area contributed by atoms with E-state index < -0.39 is 11.9 Å². The van der Waals surface area contributed by atoms with Crippen molar-refractivity contribution in [3.63, 3.8) is 0 Å². The Balaban J connectivity index is 1.33. The van der Waals surface area contributed by atoms with Crippen molar-refractivity contribution in [3.8, 4) is 16.9 Å². The molecule has 0 amide bonds. The van der Waals surface area contributed by atoms with Gasteiger partial charge in [0.15, 0.2) is 0 Å². The predicted octanol–water partition coefficient (Wildman–Crippen LogP) is 6.13. The smallest absolute Gasteiger partial charge is 0.352 e. The molecule has 39 heavy (non-hydrogen) atoms. The number of ether oxygens (including phenoxy) is 1. The summed E-state index contributed by atoms with van der Waals surface area (Å²) in [6, 6.07) is 21.6. The van der Waals surface area contributed by atoms with E-state index in [0.29, 0.717) is 30.5 Å². The summed E-state index contributed by atoms with van der Waals surface area (Å²) >= 11 is 0. The van der Waals surface area contributed by atoms with E-state index in [1.165, 1.54) is 0 Å². The van der Waals surface area contributed by atoms with Crippen LogP contribution in [0.5, 0.6) is 5.75 Å². The maximum atomic E-state index is 12.2. The predicted molar refractivity (Wildman–Crippen MR) is 149 cm³/mol. The Labute approximate surface area is 223 Å². The number of carboxylic acids is 2. The van der Waals surface area contributed by atoms with Gasteiger partial charge in [-0.05, 0) is 35.9 Å². The summed E-state index contributed by atoms with van der Waals surface area (Å²) in [6.45, 7) is 0.236. The second kappa shape index (κ2) is 9.98. The molecule has 0 aliphatic carbocycles. The first-order chi connectivity index (χ1) is 19.0. The van der Waals surface area contributed by atoms with Crippen LogP contribution in [0.15, 0.2) is 85.3 Å². The normalized spacial score (nSPS) is 11.4. The molecule has 6 aromatic rings. The second-order valence-electron chi connectivity index (χ2n) is 9.40. The summed E-state index contributed by atoms with van der Waals surface area (Å²) in [5, 5.41) is 23.2. The summed E-state index contributed by atoms with van der Waals surface area (Å²) in [5.74, 6) is -1.18. The molecule has 8 nitrogen and oxygen atoms in total. The molecule has 0 aliphatic rings. The van der Waals surface area contributed by atoms with Gasteiger partial charge >= 0.3 is 11.9 Å². The molecule has 3 aromatic carbocycles. The zero-order valence-electron chi connectivity index (χ0n) is 20.9. The van der Waals surface area contributed by atoms with Crippen molar-refractivity contribution >= 4 is 44.5 Å². The highest BCUT2D eigenvalue weighted by atomic mass is 16.5. The number of aryl methyl sites for hydroxylation is 1. The number of aromatic nitrogens is 3. The summed E-state index contributed by atoms with van der Waals surface area (Å²) in [6.07, 6.45) is 6.23. The number of nitrogens with one attached hydrogen (secondary N) is 1. The molecule has 194 valence electrons. The zero-order chi connectivity index (χ0) is 26.9. The lowest BCUT2D eigenvalue weighted by Crippen LogP contribution is -2.07. The average Bonchev–Trinajstić information content (AvgIpc) is 3.49. The molecule has 0 atom stereocenters. The second-order valence-corrected chi connectivity index (χ2v) is 9.40. The lowest BCUT2D eigenvalue weighted by molar-refractivity contribution is -0.137. The van der Waals surface area contributed by atoms with Crippen LogP contribution in [0, 0.1) is 0 Å². The molecule has 0 saturated heterocycles. The fourth-order valence-corrected chi connectivity index (χ4v) is 5.32. The third kappa shape index (κ3) is 4.46. The van der Waals surface area contributed by atoms with E-state index in [2.05, 4.69) is 9.97 Å². The molecule has 0 fully saturated rings. The quantitative estimate of drug-likeness (QED) is 0.198. The van der Waals surface area contributed by atoms with Crippen molar-refractivity contribution in [2.24, 2.45) is 0 Å². The van der Waals surface area contributed by atoms with E-state index in [1.54, 1.807) is 23.2 Å². The molecule has 0 radical (unpaired) electrons. The number of H-pyrrole nitrogens is 1. The van der Waals surface area contributed by atoms with E-state index in [1.807, 2.05) is 66.7 Å². The Kier molecular flexibility index (Phi) is 6.20. The van der Waals surface area contributed by atoms with E-state index in [9.17, 15) is 19.8 Å². The molecular formula is C31H25N3O5. The number of nitrogens with zero attached hydrogens (tertiary/aromatic N) is 2. The van der Waals surface area contributed by atoms with Crippen molar-refractivity contribution in [1.29, 1.82) is 0 Å². The van der Waals surface area contributed by atoms with E-state index in [-0.39, 0.29) is 12.2 Å². The molecule has 0 spiro atoms. The first kappa shape index (κ1) is 24.2. The van der Waals surface area contributed by atoms with Gasteiger partial charge < -0.3 is 24.5 Å². The Bertz CT molecular complexity index is 1860. The minimum atomic E-state index is -1.03. The van der Waals surface area contributed by atoms with E-state index in [0.717, 1.165) is 44.0 Å². The monoisotopic (exact) mass is 519 g/mol. The number of aliphatic carboxylic acids is 1. The van der Waals surface area contributed by atoms with Crippen LogP contribution >= 0.6 is 0 Å². The van der Waals surface area contributed by atoms with Crippen molar-refractivity contribution in [3.05, 3.63) is 96.6 Å². The first-order valence-electron chi connectivity index (χ1n) is 12.6. The molecule has 3 heterocycles.